The van der Waals surface area contributed by atoms with Gasteiger partial charge in [-0.25, -0.2) is 0 Å². The van der Waals surface area contributed by atoms with E-state index < -0.39 is 0 Å². The van der Waals surface area contributed by atoms with E-state index in [0.29, 0.717) is 17.5 Å². The predicted octanol–water partition coefficient (Wildman–Crippen LogP) is 5.60. The van der Waals surface area contributed by atoms with Crippen molar-refractivity contribution in [2.45, 2.75) is 31.7 Å². The second-order valence-corrected chi connectivity index (χ2v) is 8.75. The first-order valence-corrected chi connectivity index (χ1v) is 11.5. The monoisotopic (exact) mass is 454 g/mol. The summed E-state index contributed by atoms with van der Waals surface area (Å²) in [6.07, 6.45) is 3.51. The molecule has 0 radical (unpaired) electrons. The van der Waals surface area contributed by atoms with Crippen molar-refractivity contribution >= 4 is 11.8 Å². The Kier molecular flexibility index (Phi) is 5.75. The van der Waals surface area contributed by atoms with Crippen LogP contribution in [0.5, 0.6) is 0 Å². The fourth-order valence-corrected chi connectivity index (χ4v) is 4.20. The van der Waals surface area contributed by atoms with Crippen LogP contribution in [0.2, 0.25) is 0 Å². The van der Waals surface area contributed by atoms with Gasteiger partial charge in [0.1, 0.15) is 0 Å². The van der Waals surface area contributed by atoms with E-state index in [1.54, 1.807) is 12.4 Å². The number of thioether (sulfide) groups is 1. The number of aromatic nitrogens is 6. The normalized spacial score (nSPS) is 11.1. The van der Waals surface area contributed by atoms with Crippen molar-refractivity contribution in [3.8, 4) is 28.5 Å². The van der Waals surface area contributed by atoms with Crippen LogP contribution < -0.4 is 0 Å². The average molecular weight is 455 g/mol. The molecule has 0 amide bonds. The summed E-state index contributed by atoms with van der Waals surface area (Å²) in [6.45, 7) is 6.26. The molecule has 0 aliphatic carbocycles. The van der Waals surface area contributed by atoms with E-state index in [1.807, 2.05) is 43.3 Å². The smallest absolute Gasteiger partial charge is 0.237 e. The largest absolute Gasteiger partial charge is 0.338 e. The summed E-state index contributed by atoms with van der Waals surface area (Å²) in [6, 6.07) is 18.3. The summed E-state index contributed by atoms with van der Waals surface area (Å²) >= 11 is 1.51. The molecule has 0 aliphatic rings. The Morgan fingerprint density at radius 1 is 0.848 bits per heavy atom. The van der Waals surface area contributed by atoms with E-state index in [0.717, 1.165) is 27.8 Å². The van der Waals surface area contributed by atoms with Crippen LogP contribution in [0.4, 0.5) is 0 Å². The van der Waals surface area contributed by atoms with Crippen LogP contribution >= 0.6 is 11.8 Å². The van der Waals surface area contributed by atoms with Gasteiger partial charge in [0.25, 0.3) is 0 Å². The topological polar surface area (TPSA) is 82.5 Å². The van der Waals surface area contributed by atoms with Crippen molar-refractivity contribution in [2.75, 3.05) is 0 Å². The number of nitrogens with zero attached hydrogens (tertiary/aromatic N) is 6. The summed E-state index contributed by atoms with van der Waals surface area (Å²) in [5, 5.41) is 13.8. The molecule has 8 heteroatoms. The van der Waals surface area contributed by atoms with Gasteiger partial charge in [0.15, 0.2) is 11.0 Å². The Labute approximate surface area is 195 Å². The molecule has 0 saturated carbocycles. The summed E-state index contributed by atoms with van der Waals surface area (Å²) in [5.74, 6) is 2.36. The molecule has 5 rings (SSSR count). The summed E-state index contributed by atoms with van der Waals surface area (Å²) in [5.41, 5.74) is 6.51. The first-order chi connectivity index (χ1) is 16.1. The lowest BCUT2D eigenvalue weighted by molar-refractivity contribution is 0.391. The van der Waals surface area contributed by atoms with E-state index in [2.05, 4.69) is 61.9 Å². The van der Waals surface area contributed by atoms with Gasteiger partial charge >= 0.3 is 0 Å². The standard InChI is InChI=1S/C25H22N6OS/c1-16-4-7-19(8-5-16)23-27-22(32-30-23)15-33-25-29-28-24(20-10-12-26-13-11-20)31(25)21-9-6-17(2)18(3)14-21/h4-14H,15H2,1-3H3. The molecule has 0 fully saturated rings. The van der Waals surface area contributed by atoms with Crippen molar-refractivity contribution in [1.82, 2.24) is 29.9 Å². The van der Waals surface area contributed by atoms with Gasteiger partial charge in [0.05, 0.1) is 11.4 Å². The number of rotatable bonds is 6. The second kappa shape index (κ2) is 8.99. The van der Waals surface area contributed by atoms with E-state index in [4.69, 9.17) is 4.52 Å². The van der Waals surface area contributed by atoms with Crippen LogP contribution in [-0.2, 0) is 5.75 Å². The first kappa shape index (κ1) is 21.1. The summed E-state index contributed by atoms with van der Waals surface area (Å²) < 4.78 is 7.55. The quantitative estimate of drug-likeness (QED) is 0.309. The van der Waals surface area contributed by atoms with Gasteiger partial charge in [0, 0.05) is 23.5 Å². The van der Waals surface area contributed by atoms with Crippen LogP contribution in [0.1, 0.15) is 22.6 Å². The Balaban J connectivity index is 1.45. The highest BCUT2D eigenvalue weighted by atomic mass is 32.2. The fourth-order valence-electron chi connectivity index (χ4n) is 3.41. The van der Waals surface area contributed by atoms with E-state index in [1.165, 1.54) is 28.5 Å². The maximum atomic E-state index is 5.50. The predicted molar refractivity (Wildman–Crippen MR) is 128 cm³/mol. The van der Waals surface area contributed by atoms with Crippen LogP contribution in [0.3, 0.4) is 0 Å². The van der Waals surface area contributed by atoms with E-state index in [9.17, 15) is 0 Å². The van der Waals surface area contributed by atoms with Crippen molar-refractivity contribution in [3.05, 3.63) is 89.6 Å². The first-order valence-electron chi connectivity index (χ1n) is 10.5. The molecule has 0 N–H and O–H groups in total. The van der Waals surface area contributed by atoms with Crippen LogP contribution in [0.25, 0.3) is 28.5 Å². The van der Waals surface area contributed by atoms with Crippen LogP contribution in [-0.4, -0.2) is 29.9 Å². The SMILES string of the molecule is Cc1ccc(-c2noc(CSc3nnc(-c4ccncc4)n3-c3ccc(C)c(C)c3)n2)cc1. The van der Waals surface area contributed by atoms with Crippen LogP contribution in [0, 0.1) is 20.8 Å². The lowest BCUT2D eigenvalue weighted by atomic mass is 10.1. The molecule has 0 spiro atoms. The molecule has 33 heavy (non-hydrogen) atoms. The highest BCUT2D eigenvalue weighted by Crippen LogP contribution is 2.30. The summed E-state index contributed by atoms with van der Waals surface area (Å²) in [4.78, 5) is 8.68. The summed E-state index contributed by atoms with van der Waals surface area (Å²) in [7, 11) is 0. The molecule has 0 unspecified atom stereocenters. The molecular formula is C25H22N6OS. The third-order valence-electron chi connectivity index (χ3n) is 5.42. The van der Waals surface area contributed by atoms with Gasteiger partial charge in [-0.15, -0.1) is 10.2 Å². The minimum Gasteiger partial charge on any atom is -0.338 e. The highest BCUT2D eigenvalue weighted by molar-refractivity contribution is 7.98. The number of benzene rings is 2. The molecule has 5 aromatic rings. The maximum absolute atomic E-state index is 5.50. The molecule has 7 nitrogen and oxygen atoms in total. The maximum Gasteiger partial charge on any atom is 0.237 e. The average Bonchev–Trinajstić information content (AvgIpc) is 3.48. The molecule has 0 bridgehead atoms. The second-order valence-electron chi connectivity index (χ2n) is 7.81. The lowest BCUT2D eigenvalue weighted by Crippen LogP contribution is -2.01. The Hall–Kier alpha value is -3.78. The van der Waals surface area contributed by atoms with Gasteiger partial charge < -0.3 is 4.52 Å². The molecule has 164 valence electrons. The zero-order valence-corrected chi connectivity index (χ0v) is 19.4. The molecule has 0 saturated heterocycles. The third-order valence-corrected chi connectivity index (χ3v) is 6.34. The van der Waals surface area contributed by atoms with Crippen molar-refractivity contribution < 1.29 is 4.52 Å². The van der Waals surface area contributed by atoms with Gasteiger partial charge in [-0.2, -0.15) is 4.98 Å². The fraction of sp³-hybridized carbons (Fsp3) is 0.160. The minimum atomic E-state index is 0.484. The molecule has 0 aliphatic heterocycles. The van der Waals surface area contributed by atoms with Crippen molar-refractivity contribution in [2.24, 2.45) is 0 Å². The molecule has 2 aromatic carbocycles. The molecule has 3 heterocycles. The lowest BCUT2D eigenvalue weighted by Gasteiger charge is -2.11. The van der Waals surface area contributed by atoms with Gasteiger partial charge in [-0.3, -0.25) is 9.55 Å². The minimum absolute atomic E-state index is 0.484. The number of aryl methyl sites for hydroxylation is 3. The molecule has 3 aromatic heterocycles. The zero-order chi connectivity index (χ0) is 22.8. The third kappa shape index (κ3) is 4.42. The van der Waals surface area contributed by atoms with Gasteiger partial charge in [-0.05, 0) is 56.2 Å². The zero-order valence-electron chi connectivity index (χ0n) is 18.6. The van der Waals surface area contributed by atoms with E-state index >= 15 is 0 Å². The van der Waals surface area contributed by atoms with Crippen molar-refractivity contribution in [1.29, 1.82) is 0 Å². The van der Waals surface area contributed by atoms with Crippen LogP contribution in [0.15, 0.2) is 76.7 Å². The van der Waals surface area contributed by atoms with Gasteiger partial charge in [-0.1, -0.05) is 52.8 Å². The Morgan fingerprint density at radius 2 is 1.64 bits per heavy atom. The van der Waals surface area contributed by atoms with Gasteiger partial charge in [0.2, 0.25) is 11.7 Å². The number of hydrogen-bond donors (Lipinski definition) is 0. The van der Waals surface area contributed by atoms with E-state index in [-0.39, 0.29) is 0 Å². The number of hydrogen-bond acceptors (Lipinski definition) is 7. The Bertz CT molecular complexity index is 1390. The molecular weight excluding hydrogens is 432 g/mol. The Morgan fingerprint density at radius 3 is 2.39 bits per heavy atom. The highest BCUT2D eigenvalue weighted by Gasteiger charge is 2.18. The number of pyridine rings is 1. The molecule has 0 atom stereocenters. The van der Waals surface area contributed by atoms with Crippen molar-refractivity contribution in [3.63, 3.8) is 0 Å².